The molecule has 0 bridgehead atoms. The molecule has 2 amide bonds. The highest BCUT2D eigenvalue weighted by molar-refractivity contribution is 9.10. The molecule has 0 unspecified atom stereocenters. The number of thiocarbonyl (C=S) groups is 1. The summed E-state index contributed by atoms with van der Waals surface area (Å²) >= 11 is 8.83. The maximum Gasteiger partial charge on any atom is 0.270 e. The van der Waals surface area contributed by atoms with Crippen molar-refractivity contribution in [2.24, 2.45) is 0 Å². The third-order valence-electron chi connectivity index (χ3n) is 4.87. The lowest BCUT2D eigenvalue weighted by molar-refractivity contribution is -0.122. The summed E-state index contributed by atoms with van der Waals surface area (Å²) in [6.45, 7) is 5.89. The molecule has 1 aromatic heterocycles. The quantitative estimate of drug-likeness (QED) is 0.298. The number of nitrogens with zero attached hydrogens (tertiary/aromatic N) is 1. The first-order valence-electron chi connectivity index (χ1n) is 9.59. The van der Waals surface area contributed by atoms with E-state index in [2.05, 4.69) is 21.2 Å². The van der Waals surface area contributed by atoms with Crippen LogP contribution in [0.25, 0.3) is 17.4 Å². The lowest BCUT2D eigenvalue weighted by atomic mass is 10.1. The van der Waals surface area contributed by atoms with Gasteiger partial charge < -0.3 is 4.42 Å². The normalized spacial score (nSPS) is 15.5. The largest absolute Gasteiger partial charge is 0.457 e. The molecule has 1 fully saturated rings. The molecule has 7 heteroatoms. The van der Waals surface area contributed by atoms with Crippen molar-refractivity contribution in [2.45, 2.75) is 20.8 Å². The first-order valence-corrected chi connectivity index (χ1v) is 10.8. The monoisotopic (exact) mass is 494 g/mol. The second kappa shape index (κ2) is 8.24. The van der Waals surface area contributed by atoms with Crippen LogP contribution in [0.5, 0.6) is 0 Å². The van der Waals surface area contributed by atoms with Gasteiger partial charge in [0.2, 0.25) is 0 Å². The van der Waals surface area contributed by atoms with Gasteiger partial charge in [0.15, 0.2) is 5.11 Å². The van der Waals surface area contributed by atoms with E-state index in [1.807, 2.05) is 57.2 Å². The second-order valence-corrected chi connectivity index (χ2v) is 8.73. The third kappa shape index (κ3) is 4.24. The van der Waals surface area contributed by atoms with Gasteiger partial charge in [-0.05, 0) is 92.2 Å². The summed E-state index contributed by atoms with van der Waals surface area (Å²) in [6.07, 6.45) is 1.45. The average molecular weight is 495 g/mol. The highest BCUT2D eigenvalue weighted by Gasteiger charge is 2.35. The molecule has 4 rings (SSSR count). The Morgan fingerprint density at radius 2 is 1.68 bits per heavy atom. The number of hydrogen-bond donors (Lipinski definition) is 1. The summed E-state index contributed by atoms with van der Waals surface area (Å²) in [5.74, 6) is -0.0171. The molecule has 0 atom stereocenters. The average Bonchev–Trinajstić information content (AvgIpc) is 3.12. The standard InChI is InChI=1S/C24H19BrN2O3S/c1-13-4-6-18(20(25)11-13)21-7-5-17(30-21)12-19-22(28)26-24(31)27(23(19)29)16-9-14(2)8-15(3)10-16/h4-12H,1-3H3,(H,26,28,31)/b19-12-. The van der Waals surface area contributed by atoms with Gasteiger partial charge in [0.1, 0.15) is 17.1 Å². The Morgan fingerprint density at radius 3 is 2.35 bits per heavy atom. The Hall–Kier alpha value is -3.03. The zero-order valence-electron chi connectivity index (χ0n) is 17.2. The summed E-state index contributed by atoms with van der Waals surface area (Å²) in [5.41, 5.74) is 4.56. The van der Waals surface area contributed by atoms with Crippen LogP contribution in [0.3, 0.4) is 0 Å². The minimum absolute atomic E-state index is 0.0448. The van der Waals surface area contributed by atoms with Gasteiger partial charge in [-0.3, -0.25) is 19.8 Å². The van der Waals surface area contributed by atoms with Gasteiger partial charge in [-0.15, -0.1) is 0 Å². The van der Waals surface area contributed by atoms with E-state index >= 15 is 0 Å². The molecule has 1 aliphatic rings. The van der Waals surface area contributed by atoms with Crippen molar-refractivity contribution in [3.63, 3.8) is 0 Å². The van der Waals surface area contributed by atoms with Gasteiger partial charge in [-0.25, -0.2) is 0 Å². The molecule has 1 N–H and O–H groups in total. The number of carbonyl (C=O) groups is 2. The van der Waals surface area contributed by atoms with E-state index in [0.29, 0.717) is 17.2 Å². The number of aryl methyl sites for hydroxylation is 3. The Labute approximate surface area is 193 Å². The maximum atomic E-state index is 13.2. The van der Waals surface area contributed by atoms with Crippen LogP contribution < -0.4 is 10.2 Å². The molecule has 156 valence electrons. The molecule has 1 saturated heterocycles. The Kier molecular flexibility index (Phi) is 5.64. The van der Waals surface area contributed by atoms with Crippen LogP contribution in [-0.4, -0.2) is 16.9 Å². The van der Waals surface area contributed by atoms with E-state index < -0.39 is 11.8 Å². The zero-order chi connectivity index (χ0) is 22.3. The Bertz CT molecular complexity index is 1260. The Balaban J connectivity index is 1.70. The van der Waals surface area contributed by atoms with Gasteiger partial charge in [-0.2, -0.15) is 0 Å². The van der Waals surface area contributed by atoms with Gasteiger partial charge in [0.05, 0.1) is 5.69 Å². The summed E-state index contributed by atoms with van der Waals surface area (Å²) in [5, 5.41) is 2.66. The van der Waals surface area contributed by atoms with Crippen molar-refractivity contribution in [1.82, 2.24) is 5.32 Å². The van der Waals surface area contributed by atoms with Crippen molar-refractivity contribution in [3.8, 4) is 11.3 Å². The van der Waals surface area contributed by atoms with Gasteiger partial charge in [0, 0.05) is 10.0 Å². The van der Waals surface area contributed by atoms with Crippen LogP contribution >= 0.6 is 28.1 Å². The van der Waals surface area contributed by atoms with Gasteiger partial charge in [-0.1, -0.05) is 28.1 Å². The highest BCUT2D eigenvalue weighted by Crippen LogP contribution is 2.31. The maximum absolute atomic E-state index is 13.2. The van der Waals surface area contributed by atoms with Crippen LogP contribution in [0.15, 0.2) is 63.0 Å². The number of carbonyl (C=O) groups excluding carboxylic acids is 2. The fraction of sp³-hybridized carbons (Fsp3) is 0.125. The number of halogens is 1. The van der Waals surface area contributed by atoms with Crippen molar-refractivity contribution >= 4 is 56.8 Å². The molecule has 1 aliphatic heterocycles. The SMILES string of the molecule is Cc1cc(C)cc(N2C(=O)/C(=C\c3ccc(-c4ccc(C)cc4Br)o3)C(=O)NC2=S)c1. The van der Waals surface area contributed by atoms with E-state index in [-0.39, 0.29) is 10.7 Å². The number of furan rings is 1. The number of hydrogen-bond acceptors (Lipinski definition) is 4. The fourth-order valence-electron chi connectivity index (χ4n) is 3.51. The fourth-order valence-corrected chi connectivity index (χ4v) is 4.48. The van der Waals surface area contributed by atoms with E-state index in [1.165, 1.54) is 11.0 Å². The summed E-state index contributed by atoms with van der Waals surface area (Å²) < 4.78 is 6.81. The predicted octanol–water partition coefficient (Wildman–Crippen LogP) is 5.47. The summed E-state index contributed by atoms with van der Waals surface area (Å²) in [7, 11) is 0. The number of benzene rings is 2. The molecule has 31 heavy (non-hydrogen) atoms. The third-order valence-corrected chi connectivity index (χ3v) is 5.81. The topological polar surface area (TPSA) is 62.6 Å². The molecule has 2 heterocycles. The molecular formula is C24H19BrN2O3S. The van der Waals surface area contributed by atoms with Crippen molar-refractivity contribution in [3.05, 3.63) is 81.0 Å². The minimum Gasteiger partial charge on any atom is -0.457 e. The van der Waals surface area contributed by atoms with Crippen LogP contribution in [0, 0.1) is 20.8 Å². The highest BCUT2D eigenvalue weighted by atomic mass is 79.9. The lowest BCUT2D eigenvalue weighted by Crippen LogP contribution is -2.54. The number of amides is 2. The molecule has 0 radical (unpaired) electrons. The number of nitrogens with one attached hydrogen (secondary N) is 1. The van der Waals surface area contributed by atoms with Crippen molar-refractivity contribution < 1.29 is 14.0 Å². The first-order chi connectivity index (χ1) is 14.7. The number of rotatable bonds is 3. The summed E-state index contributed by atoms with van der Waals surface area (Å²) in [6, 6.07) is 15.2. The van der Waals surface area contributed by atoms with Gasteiger partial charge >= 0.3 is 0 Å². The molecule has 0 saturated carbocycles. The van der Waals surface area contributed by atoms with Crippen LogP contribution in [0.1, 0.15) is 22.5 Å². The van der Waals surface area contributed by atoms with Gasteiger partial charge in [0.25, 0.3) is 11.8 Å². The molecular weight excluding hydrogens is 476 g/mol. The van der Waals surface area contributed by atoms with E-state index in [9.17, 15) is 9.59 Å². The van der Waals surface area contributed by atoms with Crippen LogP contribution in [0.2, 0.25) is 0 Å². The van der Waals surface area contributed by atoms with Crippen LogP contribution in [0.4, 0.5) is 5.69 Å². The lowest BCUT2D eigenvalue weighted by Gasteiger charge is -2.29. The van der Waals surface area contributed by atoms with E-state index in [0.717, 1.165) is 26.7 Å². The smallest absolute Gasteiger partial charge is 0.270 e. The molecule has 2 aromatic carbocycles. The van der Waals surface area contributed by atoms with Crippen molar-refractivity contribution in [2.75, 3.05) is 4.90 Å². The molecule has 0 aliphatic carbocycles. The summed E-state index contributed by atoms with van der Waals surface area (Å²) in [4.78, 5) is 27.1. The van der Waals surface area contributed by atoms with E-state index in [4.69, 9.17) is 16.6 Å². The van der Waals surface area contributed by atoms with Crippen molar-refractivity contribution in [1.29, 1.82) is 0 Å². The Morgan fingerprint density at radius 1 is 0.968 bits per heavy atom. The number of anilines is 1. The second-order valence-electron chi connectivity index (χ2n) is 7.49. The first kappa shape index (κ1) is 21.2. The molecule has 5 nitrogen and oxygen atoms in total. The van der Waals surface area contributed by atoms with Crippen LogP contribution in [-0.2, 0) is 9.59 Å². The zero-order valence-corrected chi connectivity index (χ0v) is 19.6. The predicted molar refractivity (Wildman–Crippen MR) is 129 cm³/mol. The van der Waals surface area contributed by atoms with E-state index in [1.54, 1.807) is 12.1 Å². The molecule has 0 spiro atoms. The minimum atomic E-state index is -0.551. The molecule has 3 aromatic rings.